The van der Waals surface area contributed by atoms with Crippen molar-refractivity contribution in [1.82, 2.24) is 5.16 Å². The van der Waals surface area contributed by atoms with Crippen LogP contribution in [-0.2, 0) is 28.6 Å². The predicted octanol–water partition coefficient (Wildman–Crippen LogP) is -0.844. The van der Waals surface area contributed by atoms with E-state index in [1.54, 1.807) is 0 Å². The molecule has 0 fully saturated rings. The fraction of sp³-hybridized carbons (Fsp3) is 0.417. The molecule has 2 heterocycles. The highest BCUT2D eigenvalue weighted by atomic mass is 16.9. The molecule has 11 nitrogen and oxygen atoms in total. The van der Waals surface area contributed by atoms with Gasteiger partial charge in [-0.05, 0) is 0 Å². The van der Waals surface area contributed by atoms with Crippen molar-refractivity contribution in [3.8, 4) is 0 Å². The first-order valence-corrected chi connectivity index (χ1v) is 6.15. The molecule has 0 radical (unpaired) electrons. The molecule has 23 heavy (non-hydrogen) atoms. The van der Waals surface area contributed by atoms with Gasteiger partial charge in [-0.1, -0.05) is 5.16 Å². The average Bonchev–Trinajstić information content (AvgIpc) is 3.16. The Hall–Kier alpha value is -3.11. The van der Waals surface area contributed by atoms with Gasteiger partial charge in [0, 0.05) is 5.56 Å². The van der Waals surface area contributed by atoms with Crippen molar-refractivity contribution < 1.29 is 42.9 Å². The summed E-state index contributed by atoms with van der Waals surface area (Å²) in [4.78, 5) is 40.0. The summed E-state index contributed by atoms with van der Waals surface area (Å²) >= 11 is 0. The second kappa shape index (κ2) is 6.34. The van der Waals surface area contributed by atoms with Crippen LogP contribution in [-0.4, -0.2) is 61.1 Å². The molecule has 124 valence electrons. The van der Waals surface area contributed by atoms with Crippen LogP contribution in [0.15, 0.2) is 10.8 Å². The van der Waals surface area contributed by atoms with Crippen LogP contribution >= 0.6 is 0 Å². The Morgan fingerprint density at radius 3 is 2.39 bits per heavy atom. The van der Waals surface area contributed by atoms with Gasteiger partial charge < -0.3 is 23.6 Å². The van der Waals surface area contributed by atoms with Crippen LogP contribution in [0.4, 0.5) is 0 Å². The van der Waals surface area contributed by atoms with E-state index in [4.69, 9.17) is 9.36 Å². The second-order valence-electron chi connectivity index (χ2n) is 4.27. The predicted molar refractivity (Wildman–Crippen MR) is 68.1 cm³/mol. The summed E-state index contributed by atoms with van der Waals surface area (Å²) in [7, 11) is 3.22. The molecule has 0 aliphatic carbocycles. The van der Waals surface area contributed by atoms with Crippen LogP contribution < -0.4 is 0 Å². The fourth-order valence-electron chi connectivity index (χ4n) is 2.11. The zero-order valence-electron chi connectivity index (χ0n) is 12.3. The van der Waals surface area contributed by atoms with Crippen molar-refractivity contribution in [2.24, 2.45) is 0 Å². The van der Waals surface area contributed by atoms with Gasteiger partial charge in [-0.25, -0.2) is 9.59 Å². The highest BCUT2D eigenvalue weighted by Gasteiger charge is 2.52. The van der Waals surface area contributed by atoms with E-state index in [0.717, 1.165) is 27.6 Å². The van der Waals surface area contributed by atoms with Crippen molar-refractivity contribution >= 4 is 23.6 Å². The Balaban J connectivity index is 2.56. The first-order valence-electron chi connectivity index (χ1n) is 6.15. The molecule has 0 N–H and O–H groups in total. The van der Waals surface area contributed by atoms with E-state index < -0.39 is 35.6 Å². The van der Waals surface area contributed by atoms with E-state index >= 15 is 0 Å². The van der Waals surface area contributed by atoms with Gasteiger partial charge in [0.25, 0.3) is 0 Å². The van der Waals surface area contributed by atoms with Gasteiger partial charge >= 0.3 is 23.6 Å². The highest BCUT2D eigenvalue weighted by Crippen LogP contribution is 2.32. The molecule has 0 amide bonds. The van der Waals surface area contributed by atoms with E-state index in [9.17, 15) is 19.6 Å². The molecule has 2 atom stereocenters. The molecule has 0 spiro atoms. The lowest BCUT2D eigenvalue weighted by Crippen LogP contribution is -2.34. The van der Waals surface area contributed by atoms with Gasteiger partial charge in [-0.15, -0.1) is 0 Å². The zero-order chi connectivity index (χ0) is 17.1. The number of ether oxygens (including phenoxy) is 3. The summed E-state index contributed by atoms with van der Waals surface area (Å²) in [6.45, 7) is 0. The van der Waals surface area contributed by atoms with Crippen LogP contribution in [0, 0.1) is 5.21 Å². The van der Waals surface area contributed by atoms with Gasteiger partial charge in [0.15, 0.2) is 11.8 Å². The molecule has 1 aromatic heterocycles. The number of carbonyl (C=O) groups excluding carboxylic acids is 3. The maximum absolute atomic E-state index is 11.8. The van der Waals surface area contributed by atoms with Gasteiger partial charge in [0.05, 0.1) is 26.2 Å². The largest absolute Gasteiger partial charge is 0.468 e. The summed E-state index contributed by atoms with van der Waals surface area (Å²) in [5.41, 5.74) is -0.922. The Bertz CT molecular complexity index is 678. The normalized spacial score (nSPS) is 20.0. The lowest BCUT2D eigenvalue weighted by atomic mass is 9.89. The van der Waals surface area contributed by atoms with Gasteiger partial charge in [0.2, 0.25) is 0 Å². The van der Waals surface area contributed by atoms with E-state index in [1.807, 2.05) is 0 Å². The minimum atomic E-state index is -1.52. The molecule has 1 aliphatic rings. The Morgan fingerprint density at radius 1 is 1.17 bits per heavy atom. The van der Waals surface area contributed by atoms with Crippen LogP contribution in [0.1, 0.15) is 22.0 Å². The molecule has 1 aromatic rings. The first-order chi connectivity index (χ1) is 11.0. The number of carbonyl (C=O) groups is 3. The third kappa shape index (κ3) is 2.67. The highest BCUT2D eigenvalue weighted by molar-refractivity contribution is 6.37. The topological polar surface area (TPSA) is 140 Å². The SMILES string of the molecule is COC(=O)C1=[N+]([O-])O[C@H](C(=O)OC)[C@@H]1c1conc1C(=O)OC. The summed E-state index contributed by atoms with van der Waals surface area (Å²) in [5, 5.41) is 15.3. The number of esters is 3. The molecule has 1 aliphatic heterocycles. The van der Waals surface area contributed by atoms with E-state index in [-0.39, 0.29) is 16.2 Å². The van der Waals surface area contributed by atoms with Crippen molar-refractivity contribution in [3.63, 3.8) is 0 Å². The maximum atomic E-state index is 11.8. The Labute approximate surface area is 128 Å². The molecule has 0 saturated carbocycles. The van der Waals surface area contributed by atoms with Gasteiger partial charge in [0.1, 0.15) is 12.2 Å². The molecular weight excluding hydrogens is 316 g/mol. The zero-order valence-corrected chi connectivity index (χ0v) is 12.3. The number of hydrogen-bond donors (Lipinski definition) is 0. The molecule has 0 saturated heterocycles. The van der Waals surface area contributed by atoms with Crippen LogP contribution in [0.25, 0.3) is 0 Å². The van der Waals surface area contributed by atoms with Crippen molar-refractivity contribution in [2.75, 3.05) is 21.3 Å². The maximum Gasteiger partial charge on any atom is 0.405 e. The lowest BCUT2D eigenvalue weighted by Gasteiger charge is -2.15. The second-order valence-corrected chi connectivity index (χ2v) is 4.27. The Kier molecular flexibility index (Phi) is 4.48. The number of hydrogen-bond acceptors (Lipinski definition) is 10. The van der Waals surface area contributed by atoms with E-state index in [2.05, 4.69) is 19.4 Å². The quantitative estimate of drug-likeness (QED) is 0.390. The van der Waals surface area contributed by atoms with Crippen molar-refractivity contribution in [2.45, 2.75) is 12.0 Å². The molecule has 0 unspecified atom stereocenters. The fourth-order valence-corrected chi connectivity index (χ4v) is 2.11. The van der Waals surface area contributed by atoms with Crippen LogP contribution in [0.2, 0.25) is 0 Å². The molecule has 0 aromatic carbocycles. The molecule has 2 rings (SSSR count). The van der Waals surface area contributed by atoms with Gasteiger partial charge in [-0.2, -0.15) is 0 Å². The summed E-state index contributed by atoms with van der Waals surface area (Å²) in [6.07, 6.45) is -0.521. The number of rotatable bonds is 4. The van der Waals surface area contributed by atoms with Crippen molar-refractivity contribution in [1.29, 1.82) is 0 Å². The lowest BCUT2D eigenvalue weighted by molar-refractivity contribution is -0.736. The number of nitrogens with zero attached hydrogens (tertiary/aromatic N) is 2. The minimum Gasteiger partial charge on any atom is -0.468 e. The van der Waals surface area contributed by atoms with E-state index in [0.29, 0.717) is 0 Å². The smallest absolute Gasteiger partial charge is 0.405 e. The number of aromatic nitrogens is 1. The standard InChI is InChI=1S/C12H12N2O9/c1-19-10(15)7-5(4-22-13-7)6-8(11(16)20-2)14(18)23-9(6)12(17)21-3/h4,6,9H,1-3H3/t6-,9+/m1/s1. The van der Waals surface area contributed by atoms with E-state index in [1.165, 1.54) is 0 Å². The molecule has 11 heteroatoms. The first kappa shape index (κ1) is 16.3. The third-order valence-corrected chi connectivity index (χ3v) is 3.14. The summed E-state index contributed by atoms with van der Waals surface area (Å²) in [6, 6.07) is 0. The van der Waals surface area contributed by atoms with Crippen LogP contribution in [0.5, 0.6) is 0 Å². The minimum absolute atomic E-state index is 0.0500. The molecule has 0 bridgehead atoms. The van der Waals surface area contributed by atoms with Crippen LogP contribution in [0.3, 0.4) is 0 Å². The Morgan fingerprint density at radius 2 is 1.83 bits per heavy atom. The van der Waals surface area contributed by atoms with Gasteiger partial charge in [-0.3, -0.25) is 10.0 Å². The summed E-state index contributed by atoms with van der Waals surface area (Å²) in [5.74, 6) is -4.18. The monoisotopic (exact) mass is 328 g/mol. The van der Waals surface area contributed by atoms with Crippen molar-refractivity contribution in [3.05, 3.63) is 22.7 Å². The molecular formula is C12H12N2O9. The summed E-state index contributed by atoms with van der Waals surface area (Å²) < 4.78 is 18.3. The average molecular weight is 328 g/mol. The third-order valence-electron chi connectivity index (χ3n) is 3.14. The number of methoxy groups -OCH3 is 3.